The number of hydrogen-bond donors (Lipinski definition) is 0. The van der Waals surface area contributed by atoms with Gasteiger partial charge in [-0.1, -0.05) is 18.2 Å². The molecule has 2 atom stereocenters. The number of methoxy groups -OCH3 is 1. The monoisotopic (exact) mass is 489 g/mol. The van der Waals surface area contributed by atoms with Crippen LogP contribution in [0.3, 0.4) is 0 Å². The average molecular weight is 490 g/mol. The van der Waals surface area contributed by atoms with E-state index in [1.165, 1.54) is 11.3 Å². The Morgan fingerprint density at radius 2 is 1.83 bits per heavy atom. The summed E-state index contributed by atoms with van der Waals surface area (Å²) < 4.78 is 5.29. The highest BCUT2D eigenvalue weighted by molar-refractivity contribution is 6.23. The van der Waals surface area contributed by atoms with Crippen molar-refractivity contribution >= 4 is 23.4 Å². The van der Waals surface area contributed by atoms with Gasteiger partial charge in [0.15, 0.2) is 0 Å². The molecule has 0 spiro atoms. The number of nitrogens with zero attached hydrogens (tertiary/aromatic N) is 3. The van der Waals surface area contributed by atoms with Gasteiger partial charge in [0.05, 0.1) is 29.8 Å². The Morgan fingerprint density at radius 3 is 2.64 bits per heavy atom. The lowest BCUT2D eigenvalue weighted by Crippen LogP contribution is -2.49. The third kappa shape index (κ3) is 4.59. The molecule has 2 saturated heterocycles. The second kappa shape index (κ2) is 10.3. The Hall–Kier alpha value is -3.35. The Morgan fingerprint density at radius 1 is 1.00 bits per heavy atom. The second-order valence-electron chi connectivity index (χ2n) is 10.2. The molecule has 5 rings (SSSR count). The summed E-state index contributed by atoms with van der Waals surface area (Å²) in [5.41, 5.74) is 2.73. The number of ether oxygens (including phenoxy) is 1. The summed E-state index contributed by atoms with van der Waals surface area (Å²) in [5.74, 6) is 0.428. The first-order valence-electron chi connectivity index (χ1n) is 13.2. The molecule has 0 saturated carbocycles. The fourth-order valence-electron chi connectivity index (χ4n) is 5.91. The minimum absolute atomic E-state index is 0.0773. The number of likely N-dealkylation sites (tertiary alicyclic amines) is 1. The van der Waals surface area contributed by atoms with Gasteiger partial charge in [0.1, 0.15) is 5.75 Å². The third-order valence-electron chi connectivity index (χ3n) is 7.93. The van der Waals surface area contributed by atoms with Crippen molar-refractivity contribution in [3.05, 3.63) is 59.2 Å². The van der Waals surface area contributed by atoms with E-state index in [1.807, 2.05) is 36.4 Å². The van der Waals surface area contributed by atoms with Crippen LogP contribution in [0.5, 0.6) is 5.75 Å². The molecule has 36 heavy (non-hydrogen) atoms. The molecule has 3 heterocycles. The zero-order valence-corrected chi connectivity index (χ0v) is 21.2. The van der Waals surface area contributed by atoms with Gasteiger partial charge in [0.25, 0.3) is 11.8 Å². The van der Waals surface area contributed by atoms with Gasteiger partial charge >= 0.3 is 0 Å². The number of carbonyl (C=O) groups is 3. The summed E-state index contributed by atoms with van der Waals surface area (Å²) in [6, 6.07) is 13.5. The molecule has 3 aliphatic heterocycles. The lowest BCUT2D eigenvalue weighted by atomic mass is 9.93. The van der Waals surface area contributed by atoms with Crippen molar-refractivity contribution in [1.82, 2.24) is 9.80 Å². The fraction of sp³-hybridized carbons (Fsp3) is 0.483. The molecule has 0 aromatic heterocycles. The molecular weight excluding hydrogens is 454 g/mol. The van der Waals surface area contributed by atoms with Crippen molar-refractivity contribution in [2.45, 2.75) is 51.5 Å². The molecule has 2 aromatic carbocycles. The molecule has 0 N–H and O–H groups in total. The summed E-state index contributed by atoms with van der Waals surface area (Å²) >= 11 is 0. The van der Waals surface area contributed by atoms with E-state index in [1.54, 1.807) is 13.2 Å². The van der Waals surface area contributed by atoms with Gasteiger partial charge in [-0.2, -0.15) is 0 Å². The van der Waals surface area contributed by atoms with Crippen LogP contribution in [0.25, 0.3) is 0 Å². The summed E-state index contributed by atoms with van der Waals surface area (Å²) in [5, 5.41) is 0. The molecule has 190 valence electrons. The predicted molar refractivity (Wildman–Crippen MR) is 138 cm³/mol. The van der Waals surface area contributed by atoms with Crippen LogP contribution in [0.4, 0.5) is 5.69 Å². The number of rotatable bonds is 6. The van der Waals surface area contributed by atoms with Gasteiger partial charge in [-0.25, -0.2) is 0 Å². The zero-order valence-electron chi connectivity index (χ0n) is 21.2. The van der Waals surface area contributed by atoms with Crippen LogP contribution in [0.2, 0.25) is 0 Å². The van der Waals surface area contributed by atoms with E-state index in [0.717, 1.165) is 55.8 Å². The third-order valence-corrected chi connectivity index (χ3v) is 7.93. The highest BCUT2D eigenvalue weighted by atomic mass is 16.5. The van der Waals surface area contributed by atoms with Crippen LogP contribution in [0, 0.1) is 5.92 Å². The molecule has 3 amide bonds. The number of benzene rings is 2. The van der Waals surface area contributed by atoms with Crippen molar-refractivity contribution in [2.24, 2.45) is 5.92 Å². The highest BCUT2D eigenvalue weighted by Gasteiger charge is 2.40. The smallest absolute Gasteiger partial charge is 0.263 e. The van der Waals surface area contributed by atoms with Gasteiger partial charge < -0.3 is 14.5 Å². The highest BCUT2D eigenvalue weighted by Crippen LogP contribution is 2.35. The maximum Gasteiger partial charge on any atom is 0.263 e. The van der Waals surface area contributed by atoms with E-state index in [0.29, 0.717) is 36.7 Å². The van der Waals surface area contributed by atoms with E-state index >= 15 is 0 Å². The number of fused-ring (bicyclic) bond motifs is 1. The van der Waals surface area contributed by atoms with Crippen molar-refractivity contribution in [3.63, 3.8) is 0 Å². The predicted octanol–water partition coefficient (Wildman–Crippen LogP) is 4.15. The number of amides is 3. The normalized spacial score (nSPS) is 22.1. The lowest BCUT2D eigenvalue weighted by Gasteiger charge is -2.40. The number of piperidine rings is 2. The minimum atomic E-state index is -0.244. The fourth-order valence-corrected chi connectivity index (χ4v) is 5.91. The van der Waals surface area contributed by atoms with Crippen LogP contribution in [-0.4, -0.2) is 66.9 Å². The minimum Gasteiger partial charge on any atom is -0.497 e. The first-order chi connectivity index (χ1) is 17.5. The van der Waals surface area contributed by atoms with E-state index in [9.17, 15) is 14.4 Å². The molecule has 0 aliphatic carbocycles. The molecule has 7 heteroatoms. The summed E-state index contributed by atoms with van der Waals surface area (Å²) in [4.78, 5) is 45.6. The molecule has 3 aliphatic rings. The SMILES string of the molecule is COc1cccc(CCN2C(=O)c3cccc(N4CCC[C@@H](C(=O)N5CCCC[C@@H]5C)C4)c3C2=O)c1. The van der Waals surface area contributed by atoms with Crippen molar-refractivity contribution in [1.29, 1.82) is 0 Å². The van der Waals surface area contributed by atoms with Crippen molar-refractivity contribution in [2.75, 3.05) is 38.2 Å². The zero-order chi connectivity index (χ0) is 25.2. The van der Waals surface area contributed by atoms with E-state index in [4.69, 9.17) is 4.74 Å². The Bertz CT molecular complexity index is 1160. The van der Waals surface area contributed by atoms with Gasteiger partial charge in [0, 0.05) is 32.2 Å². The van der Waals surface area contributed by atoms with Crippen LogP contribution < -0.4 is 9.64 Å². The molecule has 7 nitrogen and oxygen atoms in total. The quantitative estimate of drug-likeness (QED) is 0.570. The Balaban J connectivity index is 1.32. The Kier molecular flexibility index (Phi) is 6.99. The molecule has 0 unspecified atom stereocenters. The maximum absolute atomic E-state index is 13.5. The summed E-state index contributed by atoms with van der Waals surface area (Å²) in [7, 11) is 1.62. The number of carbonyl (C=O) groups excluding carboxylic acids is 3. The van der Waals surface area contributed by atoms with Gasteiger partial charge in [0.2, 0.25) is 5.91 Å². The van der Waals surface area contributed by atoms with Crippen LogP contribution >= 0.6 is 0 Å². The first kappa shape index (κ1) is 24.3. The topological polar surface area (TPSA) is 70.2 Å². The van der Waals surface area contributed by atoms with Crippen LogP contribution in [-0.2, 0) is 11.2 Å². The number of anilines is 1. The molecule has 2 aromatic rings. The molecule has 0 radical (unpaired) electrons. The van der Waals surface area contributed by atoms with Crippen LogP contribution in [0.15, 0.2) is 42.5 Å². The number of imide groups is 1. The lowest BCUT2D eigenvalue weighted by molar-refractivity contribution is -0.139. The molecule has 0 bridgehead atoms. The summed E-state index contributed by atoms with van der Waals surface area (Å²) in [6.07, 6.45) is 5.64. The standard InChI is InChI=1S/C29H35N3O4/c1-20-8-3-4-16-31(20)27(33)22-10-7-15-30(19-22)25-13-6-12-24-26(25)29(35)32(28(24)34)17-14-21-9-5-11-23(18-21)36-2/h5-6,9,11-13,18,20,22H,3-4,7-8,10,14-17,19H2,1-2H3/t20-,22+/m0/s1. The largest absolute Gasteiger partial charge is 0.497 e. The van der Waals surface area contributed by atoms with Crippen LogP contribution in [0.1, 0.15) is 65.3 Å². The van der Waals surface area contributed by atoms with Gasteiger partial charge in [-0.15, -0.1) is 0 Å². The van der Waals surface area contributed by atoms with E-state index in [-0.39, 0.29) is 23.6 Å². The Labute approximate surface area is 213 Å². The van der Waals surface area contributed by atoms with Crippen molar-refractivity contribution in [3.8, 4) is 5.75 Å². The number of hydrogen-bond acceptors (Lipinski definition) is 5. The molecular formula is C29H35N3O4. The van der Waals surface area contributed by atoms with Gasteiger partial charge in [-0.3, -0.25) is 19.3 Å². The molecule has 2 fully saturated rings. The van der Waals surface area contributed by atoms with Crippen molar-refractivity contribution < 1.29 is 19.1 Å². The first-order valence-corrected chi connectivity index (χ1v) is 13.2. The second-order valence-corrected chi connectivity index (χ2v) is 10.2. The van der Waals surface area contributed by atoms with E-state index < -0.39 is 0 Å². The van der Waals surface area contributed by atoms with E-state index in [2.05, 4.69) is 16.7 Å². The maximum atomic E-state index is 13.5. The van der Waals surface area contributed by atoms with Gasteiger partial charge in [-0.05, 0) is 75.3 Å². The average Bonchev–Trinajstić information content (AvgIpc) is 3.16. The summed E-state index contributed by atoms with van der Waals surface area (Å²) in [6.45, 7) is 4.66.